The summed E-state index contributed by atoms with van der Waals surface area (Å²) in [6.45, 7) is 1.38. The second kappa shape index (κ2) is 10.3. The number of hydrogen-bond donors (Lipinski definition) is 1. The molecule has 0 aromatic heterocycles. The number of nitrogens with one attached hydrogen (secondary N) is 1. The summed E-state index contributed by atoms with van der Waals surface area (Å²) in [4.78, 5) is 0. The van der Waals surface area contributed by atoms with E-state index >= 15 is 0 Å². The normalized spacial score (nSPS) is 20.0. The van der Waals surface area contributed by atoms with Crippen molar-refractivity contribution in [2.75, 3.05) is 20.4 Å². The predicted molar refractivity (Wildman–Crippen MR) is 107 cm³/mol. The van der Waals surface area contributed by atoms with Crippen molar-refractivity contribution in [1.29, 1.82) is 0 Å². The highest BCUT2D eigenvalue weighted by molar-refractivity contribution is 5.32. The first-order valence-corrected chi connectivity index (χ1v) is 9.86. The summed E-state index contributed by atoms with van der Waals surface area (Å²) < 4.78 is 10.6. The van der Waals surface area contributed by atoms with Crippen molar-refractivity contribution >= 4 is 0 Å². The molecule has 0 saturated heterocycles. The van der Waals surface area contributed by atoms with Gasteiger partial charge < -0.3 is 14.8 Å². The first-order valence-electron chi connectivity index (χ1n) is 9.86. The van der Waals surface area contributed by atoms with Crippen LogP contribution in [0.5, 0.6) is 5.75 Å². The van der Waals surface area contributed by atoms with Crippen molar-refractivity contribution in [3.05, 3.63) is 65.7 Å². The summed E-state index contributed by atoms with van der Waals surface area (Å²) in [7, 11) is 1.65. The third kappa shape index (κ3) is 5.58. The van der Waals surface area contributed by atoms with E-state index in [1.807, 2.05) is 6.07 Å². The van der Waals surface area contributed by atoms with E-state index in [4.69, 9.17) is 9.47 Å². The average Bonchev–Trinajstić information content (AvgIpc) is 2.71. The number of ether oxygens (including phenoxy) is 2. The van der Waals surface area contributed by atoms with Crippen LogP contribution in [0.3, 0.4) is 0 Å². The first kappa shape index (κ1) is 18.9. The molecule has 0 amide bonds. The molecule has 3 rings (SSSR count). The highest BCUT2D eigenvalue weighted by Crippen LogP contribution is 2.34. The van der Waals surface area contributed by atoms with Gasteiger partial charge in [-0.1, -0.05) is 55.3 Å². The molecule has 0 aliphatic heterocycles. The Balaban J connectivity index is 1.54. The molecule has 26 heavy (non-hydrogen) atoms. The van der Waals surface area contributed by atoms with Crippen molar-refractivity contribution in [2.45, 2.75) is 50.5 Å². The zero-order valence-electron chi connectivity index (χ0n) is 15.8. The van der Waals surface area contributed by atoms with Crippen LogP contribution in [0, 0.1) is 0 Å². The molecular weight excluding hydrogens is 322 g/mol. The first-order chi connectivity index (χ1) is 12.9. The summed E-state index contributed by atoms with van der Waals surface area (Å²) in [6, 6.07) is 19.9. The van der Waals surface area contributed by atoms with Crippen molar-refractivity contribution < 1.29 is 9.47 Å². The molecule has 2 atom stereocenters. The zero-order chi connectivity index (χ0) is 18.0. The Morgan fingerprint density at radius 3 is 2.69 bits per heavy atom. The summed E-state index contributed by atoms with van der Waals surface area (Å²) >= 11 is 0. The molecule has 0 spiro atoms. The summed E-state index contributed by atoms with van der Waals surface area (Å²) in [5.74, 6) is 1.48. The molecule has 2 aromatic rings. The Labute approximate surface area is 157 Å². The third-order valence-corrected chi connectivity index (χ3v) is 5.29. The smallest absolute Gasteiger partial charge is 0.188 e. The van der Waals surface area contributed by atoms with E-state index in [2.05, 4.69) is 53.8 Å². The highest BCUT2D eigenvalue weighted by atomic mass is 16.7. The van der Waals surface area contributed by atoms with Crippen LogP contribution in [0.4, 0.5) is 0 Å². The summed E-state index contributed by atoms with van der Waals surface area (Å²) in [5.41, 5.74) is 2.82. The Bertz CT molecular complexity index is 644. The lowest BCUT2D eigenvalue weighted by molar-refractivity contribution is 0.0510. The van der Waals surface area contributed by atoms with Gasteiger partial charge in [-0.2, -0.15) is 0 Å². The largest absolute Gasteiger partial charge is 0.468 e. The molecular formula is C23H31NO2. The van der Waals surface area contributed by atoms with Gasteiger partial charge in [-0.3, -0.25) is 0 Å². The highest BCUT2D eigenvalue weighted by Gasteiger charge is 2.26. The lowest BCUT2D eigenvalue weighted by atomic mass is 9.80. The molecule has 3 nitrogen and oxygen atoms in total. The van der Waals surface area contributed by atoms with Gasteiger partial charge in [0.05, 0.1) is 0 Å². The minimum atomic E-state index is 0.301. The van der Waals surface area contributed by atoms with Crippen molar-refractivity contribution in [3.8, 4) is 5.75 Å². The van der Waals surface area contributed by atoms with Crippen molar-refractivity contribution in [2.24, 2.45) is 0 Å². The van der Waals surface area contributed by atoms with E-state index in [9.17, 15) is 0 Å². The average molecular weight is 354 g/mol. The van der Waals surface area contributed by atoms with E-state index in [-0.39, 0.29) is 0 Å². The van der Waals surface area contributed by atoms with Crippen LogP contribution in [0.25, 0.3) is 0 Å². The van der Waals surface area contributed by atoms with E-state index in [0.29, 0.717) is 18.8 Å². The van der Waals surface area contributed by atoms with E-state index in [1.54, 1.807) is 7.11 Å². The molecule has 1 aliphatic carbocycles. The maximum atomic E-state index is 5.63. The van der Waals surface area contributed by atoms with Crippen molar-refractivity contribution in [1.82, 2.24) is 5.32 Å². The van der Waals surface area contributed by atoms with Gasteiger partial charge in [0, 0.05) is 13.2 Å². The molecule has 0 bridgehead atoms. The van der Waals surface area contributed by atoms with Gasteiger partial charge in [-0.15, -0.1) is 0 Å². The molecule has 1 saturated carbocycles. The van der Waals surface area contributed by atoms with Gasteiger partial charge >= 0.3 is 0 Å². The van der Waals surface area contributed by atoms with Gasteiger partial charge in [0.15, 0.2) is 6.79 Å². The molecule has 1 fully saturated rings. The lowest BCUT2D eigenvalue weighted by Crippen LogP contribution is -2.37. The predicted octanol–water partition coefficient (Wildman–Crippen LogP) is 4.92. The van der Waals surface area contributed by atoms with Crippen LogP contribution >= 0.6 is 0 Å². The minimum absolute atomic E-state index is 0.301. The molecule has 0 radical (unpaired) electrons. The molecule has 140 valence electrons. The van der Waals surface area contributed by atoms with Gasteiger partial charge in [0.1, 0.15) is 5.75 Å². The molecule has 1 aliphatic rings. The van der Waals surface area contributed by atoms with Crippen LogP contribution in [0.1, 0.15) is 49.1 Å². The molecule has 1 N–H and O–H groups in total. The van der Waals surface area contributed by atoms with E-state index < -0.39 is 0 Å². The van der Waals surface area contributed by atoms with Crippen LogP contribution in [-0.4, -0.2) is 26.5 Å². The second-order valence-corrected chi connectivity index (χ2v) is 7.16. The maximum Gasteiger partial charge on any atom is 0.188 e. The summed E-state index contributed by atoms with van der Waals surface area (Å²) in [5, 5.41) is 3.84. The number of rotatable bonds is 9. The molecule has 2 aromatic carbocycles. The molecule has 0 heterocycles. The van der Waals surface area contributed by atoms with Gasteiger partial charge in [0.25, 0.3) is 0 Å². The third-order valence-electron chi connectivity index (χ3n) is 5.29. The monoisotopic (exact) mass is 353 g/mol. The van der Waals surface area contributed by atoms with Crippen molar-refractivity contribution in [3.63, 3.8) is 0 Å². The Morgan fingerprint density at radius 1 is 1.00 bits per heavy atom. The Kier molecular flexibility index (Phi) is 7.53. The maximum absolute atomic E-state index is 5.63. The van der Waals surface area contributed by atoms with E-state index in [0.717, 1.165) is 18.7 Å². The number of benzene rings is 2. The van der Waals surface area contributed by atoms with E-state index in [1.165, 1.54) is 43.2 Å². The van der Waals surface area contributed by atoms with Crippen LogP contribution < -0.4 is 10.1 Å². The van der Waals surface area contributed by atoms with Gasteiger partial charge in [-0.05, 0) is 61.4 Å². The number of methoxy groups -OCH3 is 1. The quantitative estimate of drug-likeness (QED) is 0.513. The van der Waals surface area contributed by atoms with Gasteiger partial charge in [0.2, 0.25) is 0 Å². The fourth-order valence-corrected chi connectivity index (χ4v) is 3.96. The summed E-state index contributed by atoms with van der Waals surface area (Å²) in [6.07, 6.45) is 7.49. The second-order valence-electron chi connectivity index (χ2n) is 7.16. The Morgan fingerprint density at radius 2 is 1.85 bits per heavy atom. The Hall–Kier alpha value is -1.84. The van der Waals surface area contributed by atoms with Crippen LogP contribution in [0.2, 0.25) is 0 Å². The lowest BCUT2D eigenvalue weighted by Gasteiger charge is -2.33. The molecule has 3 heteroatoms. The topological polar surface area (TPSA) is 30.5 Å². The number of hydrogen-bond acceptors (Lipinski definition) is 3. The SMILES string of the molecule is COCOc1cccc(C2CCCCC2NCCCc2ccccc2)c1. The minimum Gasteiger partial charge on any atom is -0.468 e. The number of aryl methyl sites for hydroxylation is 1. The fraction of sp³-hybridized carbons (Fsp3) is 0.478. The zero-order valence-corrected chi connectivity index (χ0v) is 15.8. The van der Waals surface area contributed by atoms with Crippen LogP contribution in [-0.2, 0) is 11.2 Å². The fourth-order valence-electron chi connectivity index (χ4n) is 3.96. The molecule has 2 unspecified atom stereocenters. The standard InChI is InChI=1S/C23H31NO2/c1-25-18-26-21-13-7-12-20(17-21)22-14-5-6-15-23(22)24-16-8-11-19-9-3-2-4-10-19/h2-4,7,9-10,12-13,17,22-24H,5-6,8,11,14-16,18H2,1H3. The van der Waals surface area contributed by atoms with Gasteiger partial charge in [-0.25, -0.2) is 0 Å². The van der Waals surface area contributed by atoms with Crippen LogP contribution in [0.15, 0.2) is 54.6 Å².